The number of ketones is 1. The van der Waals surface area contributed by atoms with Crippen LogP contribution in [0.25, 0.3) is 0 Å². The molecule has 3 rings (SSSR count). The van der Waals surface area contributed by atoms with E-state index < -0.39 is 0 Å². The summed E-state index contributed by atoms with van der Waals surface area (Å²) in [5.41, 5.74) is 1.71. The molecular formula is C19H21NO3S. The van der Waals surface area contributed by atoms with Crippen LogP contribution in [0.4, 0.5) is 0 Å². The average molecular weight is 343 g/mol. The fraction of sp³-hybridized carbons (Fsp3) is 0.368. The van der Waals surface area contributed by atoms with Crippen LogP contribution in [0.3, 0.4) is 0 Å². The Labute approximate surface area is 146 Å². The van der Waals surface area contributed by atoms with Crippen LogP contribution in [-0.4, -0.2) is 42.4 Å². The van der Waals surface area contributed by atoms with E-state index in [1.807, 2.05) is 59.0 Å². The van der Waals surface area contributed by atoms with Crippen LogP contribution in [-0.2, 0) is 9.53 Å². The molecule has 24 heavy (non-hydrogen) atoms. The van der Waals surface area contributed by atoms with Crippen LogP contribution in [0.15, 0.2) is 47.2 Å². The first-order chi connectivity index (χ1) is 11.7. The summed E-state index contributed by atoms with van der Waals surface area (Å²) in [6.45, 7) is 3.41. The Morgan fingerprint density at radius 1 is 1.29 bits per heavy atom. The van der Waals surface area contributed by atoms with Gasteiger partial charge in [-0.1, -0.05) is 30.3 Å². The van der Waals surface area contributed by atoms with E-state index in [9.17, 15) is 9.59 Å². The maximum atomic E-state index is 12.9. The van der Waals surface area contributed by atoms with Gasteiger partial charge in [-0.2, -0.15) is 11.3 Å². The minimum absolute atomic E-state index is 0.0482. The summed E-state index contributed by atoms with van der Waals surface area (Å²) in [5, 5.41) is 3.99. The third-order valence-corrected chi connectivity index (χ3v) is 5.14. The predicted octanol–water partition coefficient (Wildman–Crippen LogP) is 3.35. The maximum absolute atomic E-state index is 12.9. The standard InChI is InChI=1S/C19H21NO3S/c1-14(16-7-10-24-13-16)19(22)20-8-9-23-12-17(20)11-18(21)15-5-3-2-4-6-15/h2-7,10,13-14,17H,8-9,11-12H2,1H3/t14-,17-/m1/s1. The fourth-order valence-electron chi connectivity index (χ4n) is 2.98. The molecule has 2 atom stereocenters. The van der Waals surface area contributed by atoms with Gasteiger partial charge in [-0.25, -0.2) is 0 Å². The molecule has 1 aliphatic rings. The minimum atomic E-state index is -0.194. The number of ether oxygens (including phenoxy) is 1. The van der Waals surface area contributed by atoms with E-state index >= 15 is 0 Å². The molecule has 0 bridgehead atoms. The van der Waals surface area contributed by atoms with Crippen LogP contribution < -0.4 is 0 Å². The van der Waals surface area contributed by atoms with E-state index in [1.54, 1.807) is 11.3 Å². The molecule has 0 spiro atoms. The lowest BCUT2D eigenvalue weighted by Crippen LogP contribution is -2.50. The third-order valence-electron chi connectivity index (χ3n) is 4.44. The largest absolute Gasteiger partial charge is 0.377 e. The molecule has 5 heteroatoms. The van der Waals surface area contributed by atoms with Crippen LogP contribution >= 0.6 is 11.3 Å². The van der Waals surface area contributed by atoms with Gasteiger partial charge in [0, 0.05) is 18.5 Å². The predicted molar refractivity (Wildman–Crippen MR) is 94.4 cm³/mol. The van der Waals surface area contributed by atoms with Crippen LogP contribution in [0.5, 0.6) is 0 Å². The SMILES string of the molecule is C[C@@H](C(=O)N1CCOC[C@H]1CC(=O)c1ccccc1)c1ccsc1. The number of hydrogen-bond donors (Lipinski definition) is 0. The van der Waals surface area contributed by atoms with Gasteiger partial charge < -0.3 is 9.64 Å². The summed E-state index contributed by atoms with van der Waals surface area (Å²) in [4.78, 5) is 27.2. The van der Waals surface area contributed by atoms with E-state index in [4.69, 9.17) is 4.74 Å². The summed E-state index contributed by atoms with van der Waals surface area (Å²) >= 11 is 1.59. The van der Waals surface area contributed by atoms with Crippen molar-refractivity contribution in [2.24, 2.45) is 0 Å². The lowest BCUT2D eigenvalue weighted by atomic mass is 9.98. The van der Waals surface area contributed by atoms with Crippen molar-refractivity contribution >= 4 is 23.0 Å². The molecule has 2 heterocycles. The minimum Gasteiger partial charge on any atom is -0.377 e. The molecule has 1 amide bonds. The summed E-state index contributed by atoms with van der Waals surface area (Å²) in [7, 11) is 0. The molecule has 126 valence electrons. The van der Waals surface area contributed by atoms with E-state index in [0.29, 0.717) is 31.7 Å². The number of amides is 1. The Kier molecular flexibility index (Phi) is 5.43. The van der Waals surface area contributed by atoms with Gasteiger partial charge in [0.05, 0.1) is 25.2 Å². The zero-order valence-corrected chi connectivity index (χ0v) is 14.5. The average Bonchev–Trinajstić information content (AvgIpc) is 3.16. The summed E-state index contributed by atoms with van der Waals surface area (Å²) < 4.78 is 5.53. The molecule has 4 nitrogen and oxygen atoms in total. The first kappa shape index (κ1) is 16.9. The highest BCUT2D eigenvalue weighted by Crippen LogP contribution is 2.24. The Morgan fingerprint density at radius 3 is 2.79 bits per heavy atom. The highest BCUT2D eigenvalue weighted by atomic mass is 32.1. The number of Topliss-reactive ketones (excluding diaryl/α,β-unsaturated/α-hetero) is 1. The Hall–Kier alpha value is -1.98. The number of carbonyl (C=O) groups is 2. The van der Waals surface area contributed by atoms with E-state index in [2.05, 4.69) is 0 Å². The van der Waals surface area contributed by atoms with E-state index in [1.165, 1.54) is 0 Å². The number of nitrogens with zero attached hydrogens (tertiary/aromatic N) is 1. The zero-order chi connectivity index (χ0) is 16.9. The van der Waals surface area contributed by atoms with Crippen LogP contribution in [0.1, 0.15) is 35.2 Å². The molecule has 0 radical (unpaired) electrons. The number of morpholine rings is 1. The fourth-order valence-corrected chi connectivity index (χ4v) is 3.74. The molecular weight excluding hydrogens is 322 g/mol. The van der Waals surface area contributed by atoms with Crippen molar-refractivity contribution in [2.75, 3.05) is 19.8 Å². The molecule has 2 aromatic rings. The highest BCUT2D eigenvalue weighted by molar-refractivity contribution is 7.08. The molecule has 1 aliphatic heterocycles. The summed E-state index contributed by atoms with van der Waals surface area (Å²) in [5.74, 6) is -0.0710. The van der Waals surface area contributed by atoms with Crippen molar-refractivity contribution < 1.29 is 14.3 Å². The van der Waals surface area contributed by atoms with Crippen molar-refractivity contribution in [2.45, 2.75) is 25.3 Å². The molecule has 0 aliphatic carbocycles. The van der Waals surface area contributed by atoms with Gasteiger partial charge in [0.25, 0.3) is 0 Å². The second kappa shape index (κ2) is 7.73. The van der Waals surface area contributed by atoms with Gasteiger partial charge in [-0.05, 0) is 29.3 Å². The molecule has 1 aromatic carbocycles. The molecule has 0 unspecified atom stereocenters. The third kappa shape index (κ3) is 3.74. The first-order valence-corrected chi connectivity index (χ1v) is 9.09. The van der Waals surface area contributed by atoms with Crippen LogP contribution in [0, 0.1) is 0 Å². The summed E-state index contributed by atoms with van der Waals surface area (Å²) in [6.07, 6.45) is 0.298. The first-order valence-electron chi connectivity index (χ1n) is 8.15. The highest BCUT2D eigenvalue weighted by Gasteiger charge is 2.32. The van der Waals surface area contributed by atoms with E-state index in [0.717, 1.165) is 5.56 Å². The van der Waals surface area contributed by atoms with Crippen molar-refractivity contribution in [1.29, 1.82) is 0 Å². The molecule has 1 fully saturated rings. The zero-order valence-electron chi connectivity index (χ0n) is 13.7. The van der Waals surface area contributed by atoms with Crippen molar-refractivity contribution in [3.63, 3.8) is 0 Å². The Balaban J connectivity index is 1.71. The number of thiophene rings is 1. The van der Waals surface area contributed by atoms with Gasteiger partial charge in [0.1, 0.15) is 0 Å². The van der Waals surface area contributed by atoms with Gasteiger partial charge in [-0.15, -0.1) is 0 Å². The molecule has 1 saturated heterocycles. The monoisotopic (exact) mass is 343 g/mol. The second-order valence-corrected chi connectivity index (χ2v) is 6.81. The lowest BCUT2D eigenvalue weighted by molar-refractivity contribution is -0.140. The van der Waals surface area contributed by atoms with E-state index in [-0.39, 0.29) is 23.7 Å². The number of carbonyl (C=O) groups excluding carboxylic acids is 2. The number of rotatable bonds is 5. The van der Waals surface area contributed by atoms with Crippen molar-refractivity contribution in [3.05, 3.63) is 58.3 Å². The topological polar surface area (TPSA) is 46.6 Å². The van der Waals surface area contributed by atoms with Gasteiger partial charge in [0.2, 0.25) is 5.91 Å². The second-order valence-electron chi connectivity index (χ2n) is 6.03. The normalized spacial score (nSPS) is 19.0. The quantitative estimate of drug-likeness (QED) is 0.782. The summed E-state index contributed by atoms with van der Waals surface area (Å²) in [6, 6.07) is 11.0. The number of hydrogen-bond acceptors (Lipinski definition) is 4. The molecule has 1 aromatic heterocycles. The van der Waals surface area contributed by atoms with Crippen molar-refractivity contribution in [3.8, 4) is 0 Å². The van der Waals surface area contributed by atoms with Gasteiger partial charge >= 0.3 is 0 Å². The Bertz CT molecular complexity index is 684. The molecule has 0 saturated carbocycles. The Morgan fingerprint density at radius 2 is 2.08 bits per heavy atom. The van der Waals surface area contributed by atoms with Crippen LogP contribution in [0.2, 0.25) is 0 Å². The maximum Gasteiger partial charge on any atom is 0.230 e. The lowest BCUT2D eigenvalue weighted by Gasteiger charge is -2.37. The van der Waals surface area contributed by atoms with Gasteiger partial charge in [0.15, 0.2) is 5.78 Å². The molecule has 0 N–H and O–H groups in total. The van der Waals surface area contributed by atoms with Crippen molar-refractivity contribution in [1.82, 2.24) is 4.90 Å². The number of benzene rings is 1. The van der Waals surface area contributed by atoms with Gasteiger partial charge in [-0.3, -0.25) is 9.59 Å². The smallest absolute Gasteiger partial charge is 0.230 e.